The van der Waals surface area contributed by atoms with E-state index in [-0.39, 0.29) is 11.9 Å². The van der Waals surface area contributed by atoms with Crippen LogP contribution in [0.2, 0.25) is 0 Å². The summed E-state index contributed by atoms with van der Waals surface area (Å²) in [4.78, 5) is 23.9. The Morgan fingerprint density at radius 3 is 2.37 bits per heavy atom. The highest BCUT2D eigenvalue weighted by Crippen LogP contribution is 2.25. The monoisotopic (exact) mass is 364 g/mol. The first-order valence-corrected chi connectivity index (χ1v) is 10.2. The van der Waals surface area contributed by atoms with Gasteiger partial charge in [0.15, 0.2) is 5.82 Å². The van der Waals surface area contributed by atoms with E-state index in [1.54, 1.807) is 12.4 Å². The van der Waals surface area contributed by atoms with Gasteiger partial charge in [0.1, 0.15) is 0 Å². The first-order chi connectivity index (χ1) is 13.3. The molecular weight excluding hydrogens is 336 g/mol. The molecule has 2 aromatic rings. The van der Waals surface area contributed by atoms with Crippen LogP contribution in [0.4, 0.5) is 0 Å². The molecule has 2 aliphatic rings. The number of amides is 1. The van der Waals surface area contributed by atoms with E-state index in [0.717, 1.165) is 25.1 Å². The zero-order valence-electron chi connectivity index (χ0n) is 15.8. The van der Waals surface area contributed by atoms with Crippen molar-refractivity contribution in [3.63, 3.8) is 0 Å². The molecule has 1 atom stereocenters. The molecule has 1 unspecified atom stereocenters. The minimum atomic E-state index is -0.0673. The van der Waals surface area contributed by atoms with Crippen LogP contribution >= 0.6 is 0 Å². The number of likely N-dealkylation sites (tertiary alicyclic amines) is 1. The number of hydrogen-bond acceptors (Lipinski definition) is 4. The molecule has 1 aromatic carbocycles. The Labute approximate surface area is 161 Å². The number of hydrogen-bond donors (Lipinski definition) is 1. The van der Waals surface area contributed by atoms with Gasteiger partial charge in [0.2, 0.25) is 0 Å². The van der Waals surface area contributed by atoms with E-state index in [1.165, 1.54) is 38.5 Å². The van der Waals surface area contributed by atoms with Gasteiger partial charge in [0.05, 0.1) is 5.56 Å². The quantitative estimate of drug-likeness (QED) is 0.841. The van der Waals surface area contributed by atoms with Gasteiger partial charge < -0.3 is 5.32 Å². The van der Waals surface area contributed by atoms with Crippen LogP contribution in [-0.2, 0) is 0 Å². The summed E-state index contributed by atoms with van der Waals surface area (Å²) in [7, 11) is 0. The molecule has 5 heteroatoms. The first kappa shape index (κ1) is 18.1. The molecule has 1 N–H and O–H groups in total. The van der Waals surface area contributed by atoms with Crippen LogP contribution in [0.1, 0.15) is 55.3 Å². The van der Waals surface area contributed by atoms with Gasteiger partial charge in [0.25, 0.3) is 5.91 Å². The van der Waals surface area contributed by atoms with Crippen LogP contribution in [0.25, 0.3) is 11.4 Å². The number of rotatable bonds is 4. The Morgan fingerprint density at radius 2 is 1.67 bits per heavy atom. The number of nitrogens with zero attached hydrogens (tertiary/aromatic N) is 3. The maximum absolute atomic E-state index is 12.6. The molecule has 142 valence electrons. The maximum Gasteiger partial charge on any atom is 0.254 e. The first-order valence-electron chi connectivity index (χ1n) is 10.2. The zero-order valence-corrected chi connectivity index (χ0v) is 15.8. The number of carbonyl (C=O) groups excluding carboxylic acids is 1. The lowest BCUT2D eigenvalue weighted by atomic mass is 10.1. The third-order valence-corrected chi connectivity index (χ3v) is 5.84. The highest BCUT2D eigenvalue weighted by atomic mass is 16.1. The normalized spacial score (nSPS) is 21.7. The third-order valence-electron chi connectivity index (χ3n) is 5.84. The topological polar surface area (TPSA) is 58.1 Å². The Hall–Kier alpha value is -2.27. The summed E-state index contributed by atoms with van der Waals surface area (Å²) in [5, 5.41) is 3.18. The van der Waals surface area contributed by atoms with Crippen molar-refractivity contribution in [1.29, 1.82) is 0 Å². The second kappa shape index (κ2) is 8.61. The Bertz CT molecular complexity index is 739. The standard InChI is InChI=1S/C22H28N4O/c27-22(18-14-23-21(24-15-18)17-8-4-3-5-9-17)25-19-12-13-26(16-19)20-10-6-1-2-7-11-20/h3-5,8-9,14-15,19-20H,1-2,6-7,10-13,16H2,(H,25,27). The van der Waals surface area contributed by atoms with Crippen molar-refractivity contribution < 1.29 is 4.79 Å². The zero-order chi connectivity index (χ0) is 18.5. The molecule has 0 radical (unpaired) electrons. The maximum atomic E-state index is 12.6. The Balaban J connectivity index is 1.33. The van der Waals surface area contributed by atoms with E-state index in [0.29, 0.717) is 17.4 Å². The van der Waals surface area contributed by atoms with E-state index >= 15 is 0 Å². The van der Waals surface area contributed by atoms with Gasteiger partial charge in [0, 0.05) is 43.1 Å². The van der Waals surface area contributed by atoms with Gasteiger partial charge in [-0.05, 0) is 19.3 Å². The molecule has 27 heavy (non-hydrogen) atoms. The summed E-state index contributed by atoms with van der Waals surface area (Å²) in [6.07, 6.45) is 12.4. The highest BCUT2D eigenvalue weighted by molar-refractivity contribution is 5.93. The van der Waals surface area contributed by atoms with Crippen molar-refractivity contribution in [2.24, 2.45) is 0 Å². The molecular formula is C22H28N4O. The summed E-state index contributed by atoms with van der Waals surface area (Å²) in [6, 6.07) is 10.8. The van der Waals surface area contributed by atoms with Crippen molar-refractivity contribution >= 4 is 5.91 Å². The van der Waals surface area contributed by atoms with Crippen LogP contribution in [0.5, 0.6) is 0 Å². The molecule has 5 nitrogen and oxygen atoms in total. The van der Waals surface area contributed by atoms with Crippen LogP contribution < -0.4 is 5.32 Å². The van der Waals surface area contributed by atoms with E-state index in [1.807, 2.05) is 30.3 Å². The molecule has 1 amide bonds. The van der Waals surface area contributed by atoms with E-state index in [9.17, 15) is 4.79 Å². The number of carbonyl (C=O) groups is 1. The smallest absolute Gasteiger partial charge is 0.254 e. The molecule has 4 rings (SSSR count). The summed E-state index contributed by atoms with van der Waals surface area (Å²) in [5.41, 5.74) is 1.49. The fraction of sp³-hybridized carbons (Fsp3) is 0.500. The third kappa shape index (κ3) is 4.53. The highest BCUT2D eigenvalue weighted by Gasteiger charge is 2.29. The largest absolute Gasteiger partial charge is 0.348 e. The van der Waals surface area contributed by atoms with Crippen LogP contribution in [0.15, 0.2) is 42.7 Å². The molecule has 0 bridgehead atoms. The van der Waals surface area contributed by atoms with E-state index in [4.69, 9.17) is 0 Å². The number of aromatic nitrogens is 2. The van der Waals surface area contributed by atoms with Gasteiger partial charge in [-0.15, -0.1) is 0 Å². The Morgan fingerprint density at radius 1 is 0.963 bits per heavy atom. The van der Waals surface area contributed by atoms with Crippen molar-refractivity contribution in [3.8, 4) is 11.4 Å². The Kier molecular flexibility index (Phi) is 5.78. The van der Waals surface area contributed by atoms with Crippen molar-refractivity contribution in [1.82, 2.24) is 20.2 Å². The average Bonchev–Trinajstić information content (AvgIpc) is 3.01. The van der Waals surface area contributed by atoms with Crippen molar-refractivity contribution in [3.05, 3.63) is 48.3 Å². The fourth-order valence-electron chi connectivity index (χ4n) is 4.31. The predicted molar refractivity (Wildman–Crippen MR) is 106 cm³/mol. The lowest BCUT2D eigenvalue weighted by molar-refractivity contribution is 0.0935. The van der Waals surface area contributed by atoms with Crippen LogP contribution in [0, 0.1) is 0 Å². The predicted octanol–water partition coefficient (Wildman–Crippen LogP) is 3.67. The fourth-order valence-corrected chi connectivity index (χ4v) is 4.31. The van der Waals surface area contributed by atoms with Crippen LogP contribution in [0.3, 0.4) is 0 Å². The number of benzene rings is 1. The molecule has 2 heterocycles. The van der Waals surface area contributed by atoms with Crippen molar-refractivity contribution in [2.45, 2.75) is 57.0 Å². The summed E-state index contributed by atoms with van der Waals surface area (Å²) in [6.45, 7) is 2.07. The van der Waals surface area contributed by atoms with Gasteiger partial charge in [-0.25, -0.2) is 9.97 Å². The molecule has 1 aliphatic heterocycles. The minimum Gasteiger partial charge on any atom is -0.348 e. The lowest BCUT2D eigenvalue weighted by Gasteiger charge is -2.26. The summed E-state index contributed by atoms with van der Waals surface area (Å²) >= 11 is 0. The SMILES string of the molecule is O=C(NC1CCN(C2CCCCCC2)C1)c1cnc(-c2ccccc2)nc1. The minimum absolute atomic E-state index is 0.0673. The van der Waals surface area contributed by atoms with Gasteiger partial charge in [-0.3, -0.25) is 9.69 Å². The molecule has 1 saturated carbocycles. The van der Waals surface area contributed by atoms with E-state index < -0.39 is 0 Å². The van der Waals surface area contributed by atoms with Gasteiger partial charge in [-0.2, -0.15) is 0 Å². The average molecular weight is 364 g/mol. The summed E-state index contributed by atoms with van der Waals surface area (Å²) < 4.78 is 0. The summed E-state index contributed by atoms with van der Waals surface area (Å²) in [5.74, 6) is 0.579. The van der Waals surface area contributed by atoms with Gasteiger partial charge >= 0.3 is 0 Å². The molecule has 1 saturated heterocycles. The second-order valence-electron chi connectivity index (χ2n) is 7.76. The van der Waals surface area contributed by atoms with E-state index in [2.05, 4.69) is 20.2 Å². The van der Waals surface area contributed by atoms with Gasteiger partial charge in [-0.1, -0.05) is 56.0 Å². The molecule has 2 fully saturated rings. The molecule has 1 aliphatic carbocycles. The molecule has 0 spiro atoms. The second-order valence-corrected chi connectivity index (χ2v) is 7.76. The molecule has 1 aromatic heterocycles. The lowest BCUT2D eigenvalue weighted by Crippen LogP contribution is -2.39. The van der Waals surface area contributed by atoms with Crippen LogP contribution in [-0.4, -0.2) is 45.9 Å². The van der Waals surface area contributed by atoms with Crippen molar-refractivity contribution in [2.75, 3.05) is 13.1 Å². The number of nitrogens with one attached hydrogen (secondary N) is 1.